The average molecular weight is 251 g/mol. The lowest BCUT2D eigenvalue weighted by Gasteiger charge is -2.34. The molecule has 1 aliphatic carbocycles. The number of hydrogen-bond donors (Lipinski definition) is 0. The van der Waals surface area contributed by atoms with Crippen LogP contribution in [0.2, 0.25) is 0 Å². The summed E-state index contributed by atoms with van der Waals surface area (Å²) < 4.78 is 5.58. The predicted octanol–water partition coefficient (Wildman–Crippen LogP) is 2.76. The van der Waals surface area contributed by atoms with Crippen LogP contribution in [0.15, 0.2) is 12.2 Å². The van der Waals surface area contributed by atoms with Gasteiger partial charge in [0.15, 0.2) is 0 Å². The van der Waals surface area contributed by atoms with Crippen molar-refractivity contribution >= 4 is 5.97 Å². The Labute approximate surface area is 110 Å². The van der Waals surface area contributed by atoms with Crippen molar-refractivity contribution in [2.45, 2.75) is 58.6 Å². The Balaban J connectivity index is 1.89. The summed E-state index contributed by atoms with van der Waals surface area (Å²) in [5, 5.41) is 0. The van der Waals surface area contributed by atoms with Gasteiger partial charge in [-0.05, 0) is 39.7 Å². The highest BCUT2D eigenvalue weighted by molar-refractivity contribution is 5.75. The molecule has 0 amide bonds. The van der Waals surface area contributed by atoms with E-state index in [1.165, 1.54) is 25.7 Å². The molecule has 0 spiro atoms. The SMILES string of the molecule is CC(C)(C)C(=O)OC1C=CCN(C2CCCC2)C1. The summed E-state index contributed by atoms with van der Waals surface area (Å²) in [4.78, 5) is 14.4. The fourth-order valence-corrected chi connectivity index (χ4v) is 2.67. The molecule has 0 aromatic rings. The van der Waals surface area contributed by atoms with E-state index < -0.39 is 5.41 Å². The molecule has 18 heavy (non-hydrogen) atoms. The van der Waals surface area contributed by atoms with Gasteiger partial charge in [-0.2, -0.15) is 0 Å². The fourth-order valence-electron chi connectivity index (χ4n) is 2.67. The van der Waals surface area contributed by atoms with Crippen molar-refractivity contribution in [3.63, 3.8) is 0 Å². The van der Waals surface area contributed by atoms with Crippen LogP contribution in [0, 0.1) is 5.41 Å². The van der Waals surface area contributed by atoms with Gasteiger partial charge in [-0.3, -0.25) is 9.69 Å². The van der Waals surface area contributed by atoms with Gasteiger partial charge in [0, 0.05) is 19.1 Å². The summed E-state index contributed by atoms with van der Waals surface area (Å²) in [5.74, 6) is -0.106. The van der Waals surface area contributed by atoms with Gasteiger partial charge in [0.25, 0.3) is 0 Å². The van der Waals surface area contributed by atoms with E-state index in [4.69, 9.17) is 4.74 Å². The van der Waals surface area contributed by atoms with Gasteiger partial charge < -0.3 is 4.74 Å². The van der Waals surface area contributed by atoms with Crippen molar-refractivity contribution < 1.29 is 9.53 Å². The number of nitrogens with zero attached hydrogens (tertiary/aromatic N) is 1. The highest BCUT2D eigenvalue weighted by atomic mass is 16.5. The lowest BCUT2D eigenvalue weighted by Crippen LogP contribution is -2.43. The van der Waals surface area contributed by atoms with E-state index in [2.05, 4.69) is 11.0 Å². The molecular weight excluding hydrogens is 226 g/mol. The molecule has 0 bridgehead atoms. The third-order valence-corrected chi connectivity index (χ3v) is 3.82. The van der Waals surface area contributed by atoms with E-state index in [0.717, 1.165) is 13.1 Å². The summed E-state index contributed by atoms with van der Waals surface area (Å²) in [7, 11) is 0. The number of hydrogen-bond acceptors (Lipinski definition) is 3. The third-order valence-electron chi connectivity index (χ3n) is 3.82. The van der Waals surface area contributed by atoms with Crippen molar-refractivity contribution in [2.75, 3.05) is 13.1 Å². The molecule has 0 saturated heterocycles. The molecular formula is C15H25NO2. The van der Waals surface area contributed by atoms with Gasteiger partial charge >= 0.3 is 5.97 Å². The second kappa shape index (κ2) is 5.43. The van der Waals surface area contributed by atoms with Crippen LogP contribution < -0.4 is 0 Å². The van der Waals surface area contributed by atoms with Crippen molar-refractivity contribution in [3.05, 3.63) is 12.2 Å². The first-order chi connectivity index (χ1) is 8.47. The molecule has 2 rings (SSSR count). The molecule has 0 N–H and O–H groups in total. The quantitative estimate of drug-likeness (QED) is 0.558. The molecule has 0 aromatic carbocycles. The zero-order valence-corrected chi connectivity index (χ0v) is 11.8. The normalized spacial score (nSPS) is 26.5. The summed E-state index contributed by atoms with van der Waals surface area (Å²) in [5.41, 5.74) is -0.413. The number of carbonyl (C=O) groups excluding carboxylic acids is 1. The van der Waals surface area contributed by atoms with Crippen LogP contribution in [0.4, 0.5) is 0 Å². The molecule has 1 aliphatic heterocycles. The van der Waals surface area contributed by atoms with E-state index in [-0.39, 0.29) is 12.1 Å². The lowest BCUT2D eigenvalue weighted by atomic mass is 9.97. The summed E-state index contributed by atoms with van der Waals surface area (Å²) in [6.45, 7) is 7.57. The molecule has 3 nitrogen and oxygen atoms in total. The fraction of sp³-hybridized carbons (Fsp3) is 0.800. The topological polar surface area (TPSA) is 29.5 Å². The zero-order valence-electron chi connectivity index (χ0n) is 11.8. The monoisotopic (exact) mass is 251 g/mol. The van der Waals surface area contributed by atoms with Gasteiger partial charge in [-0.1, -0.05) is 18.9 Å². The van der Waals surface area contributed by atoms with Crippen molar-refractivity contribution in [2.24, 2.45) is 5.41 Å². The molecule has 2 aliphatic rings. The smallest absolute Gasteiger partial charge is 0.311 e. The first kappa shape index (κ1) is 13.6. The minimum absolute atomic E-state index is 0.0638. The van der Waals surface area contributed by atoms with Crippen LogP contribution in [0.25, 0.3) is 0 Å². The van der Waals surface area contributed by atoms with Gasteiger partial charge in [0.1, 0.15) is 6.10 Å². The van der Waals surface area contributed by atoms with Crippen molar-refractivity contribution in [1.29, 1.82) is 0 Å². The molecule has 102 valence electrons. The molecule has 1 unspecified atom stereocenters. The maximum absolute atomic E-state index is 11.9. The maximum Gasteiger partial charge on any atom is 0.311 e. The van der Waals surface area contributed by atoms with Crippen molar-refractivity contribution in [1.82, 2.24) is 4.90 Å². The molecule has 1 saturated carbocycles. The Kier molecular flexibility index (Phi) is 4.10. The Bertz CT molecular complexity index is 324. The zero-order chi connectivity index (χ0) is 13.2. The highest BCUT2D eigenvalue weighted by Gasteiger charge is 2.30. The first-order valence-electron chi connectivity index (χ1n) is 7.08. The molecule has 1 heterocycles. The van der Waals surface area contributed by atoms with Crippen LogP contribution in [0.3, 0.4) is 0 Å². The number of rotatable bonds is 2. The highest BCUT2D eigenvalue weighted by Crippen LogP contribution is 2.26. The maximum atomic E-state index is 11.9. The predicted molar refractivity (Wildman–Crippen MR) is 72.3 cm³/mol. The average Bonchev–Trinajstić information content (AvgIpc) is 2.81. The molecule has 3 heteroatoms. The molecule has 1 fully saturated rings. The van der Waals surface area contributed by atoms with E-state index in [9.17, 15) is 4.79 Å². The van der Waals surface area contributed by atoms with Crippen LogP contribution >= 0.6 is 0 Å². The largest absolute Gasteiger partial charge is 0.456 e. The summed E-state index contributed by atoms with van der Waals surface area (Å²) >= 11 is 0. The second-order valence-corrected chi connectivity index (χ2v) is 6.51. The first-order valence-corrected chi connectivity index (χ1v) is 7.08. The second-order valence-electron chi connectivity index (χ2n) is 6.51. The lowest BCUT2D eigenvalue weighted by molar-refractivity contribution is -0.157. The van der Waals surface area contributed by atoms with Gasteiger partial charge in [0.2, 0.25) is 0 Å². The van der Waals surface area contributed by atoms with Gasteiger partial charge in [-0.15, -0.1) is 0 Å². The Morgan fingerprint density at radius 2 is 1.94 bits per heavy atom. The van der Waals surface area contributed by atoms with E-state index >= 15 is 0 Å². The van der Waals surface area contributed by atoms with Gasteiger partial charge in [0.05, 0.1) is 5.41 Å². The molecule has 0 aromatic heterocycles. The van der Waals surface area contributed by atoms with Crippen LogP contribution in [0.5, 0.6) is 0 Å². The number of ether oxygens (including phenoxy) is 1. The number of esters is 1. The van der Waals surface area contributed by atoms with E-state index in [1.54, 1.807) is 0 Å². The van der Waals surface area contributed by atoms with Crippen molar-refractivity contribution in [3.8, 4) is 0 Å². The summed E-state index contributed by atoms with van der Waals surface area (Å²) in [6, 6.07) is 0.700. The minimum Gasteiger partial charge on any atom is -0.456 e. The third kappa shape index (κ3) is 3.35. The van der Waals surface area contributed by atoms with Crippen LogP contribution in [-0.2, 0) is 9.53 Å². The van der Waals surface area contributed by atoms with Crippen LogP contribution in [0.1, 0.15) is 46.5 Å². The minimum atomic E-state index is -0.413. The summed E-state index contributed by atoms with van der Waals surface area (Å²) in [6.07, 6.45) is 9.40. The van der Waals surface area contributed by atoms with E-state index in [1.807, 2.05) is 26.8 Å². The standard InChI is InChI=1S/C15H25NO2/c1-15(2,3)14(17)18-13-9-6-10-16(11-13)12-7-4-5-8-12/h6,9,12-13H,4-5,7-8,10-11H2,1-3H3. The Hall–Kier alpha value is -0.830. The molecule has 0 radical (unpaired) electrons. The van der Waals surface area contributed by atoms with E-state index in [0.29, 0.717) is 6.04 Å². The Morgan fingerprint density at radius 1 is 1.28 bits per heavy atom. The number of carbonyl (C=O) groups is 1. The molecule has 1 atom stereocenters. The van der Waals surface area contributed by atoms with Crippen LogP contribution in [-0.4, -0.2) is 36.1 Å². The van der Waals surface area contributed by atoms with Gasteiger partial charge in [-0.25, -0.2) is 0 Å². The Morgan fingerprint density at radius 3 is 2.56 bits per heavy atom.